The first kappa shape index (κ1) is 14.8. The third-order valence-electron chi connectivity index (χ3n) is 5.85. The van der Waals surface area contributed by atoms with Crippen LogP contribution < -0.4 is 0 Å². The molecule has 2 rings (SSSR count). The van der Waals surface area contributed by atoms with Gasteiger partial charge in [-0.05, 0) is 49.4 Å². The van der Waals surface area contributed by atoms with Crippen LogP contribution in [0, 0.1) is 17.3 Å². The van der Waals surface area contributed by atoms with Gasteiger partial charge < -0.3 is 4.52 Å². The lowest BCUT2D eigenvalue weighted by atomic mass is 9.58. The quantitative estimate of drug-likeness (QED) is 0.612. The molecule has 0 bridgehead atoms. The van der Waals surface area contributed by atoms with Crippen LogP contribution in [0.5, 0.6) is 0 Å². The molecule has 1 unspecified atom stereocenters. The van der Waals surface area contributed by atoms with Crippen molar-refractivity contribution in [1.82, 2.24) is 0 Å². The fraction of sp³-hybridized carbons (Fsp3) is 1.00. The summed E-state index contributed by atoms with van der Waals surface area (Å²) in [5, 5.41) is 0. The molecule has 1 atom stereocenters. The van der Waals surface area contributed by atoms with Gasteiger partial charge in [-0.3, -0.25) is 0 Å². The predicted octanol–water partition coefficient (Wildman–Crippen LogP) is 5.35. The highest BCUT2D eigenvalue weighted by molar-refractivity contribution is 7.09. The lowest BCUT2D eigenvalue weighted by Crippen LogP contribution is -2.43. The van der Waals surface area contributed by atoms with Crippen molar-refractivity contribution in [3.63, 3.8) is 0 Å². The Morgan fingerprint density at radius 2 is 1.33 bits per heavy atom. The van der Waals surface area contributed by atoms with Crippen molar-refractivity contribution in [3.05, 3.63) is 0 Å². The minimum atomic E-state index is 0.489. The molecular weight excluding hydrogens is 239 g/mol. The molecule has 2 aliphatic carbocycles. The highest BCUT2D eigenvalue weighted by Crippen LogP contribution is 2.51. The molecule has 0 N–H and O–H groups in total. The first-order valence-electron chi connectivity index (χ1n) is 8.15. The Balaban J connectivity index is 2.13. The molecule has 0 aliphatic heterocycles. The smallest absolute Gasteiger partial charge is 0.0563 e. The van der Waals surface area contributed by atoms with Crippen LogP contribution in [0.15, 0.2) is 0 Å². The lowest BCUT2D eigenvalue weighted by Gasteiger charge is -2.48. The second-order valence-electron chi connectivity index (χ2n) is 6.57. The van der Waals surface area contributed by atoms with E-state index in [1.807, 2.05) is 0 Å². The molecule has 2 fully saturated rings. The fourth-order valence-corrected chi connectivity index (χ4v) is 5.07. The molecule has 0 heterocycles. The van der Waals surface area contributed by atoms with Gasteiger partial charge in [0.2, 0.25) is 0 Å². The molecule has 18 heavy (non-hydrogen) atoms. The molecule has 0 amide bonds. The topological polar surface area (TPSA) is 9.23 Å². The second-order valence-corrected chi connectivity index (χ2v) is 6.90. The fourth-order valence-electron chi connectivity index (χ4n) is 4.76. The van der Waals surface area contributed by atoms with Crippen molar-refractivity contribution in [2.45, 2.75) is 77.6 Å². The maximum Gasteiger partial charge on any atom is 0.0563 e. The Morgan fingerprint density at radius 1 is 0.889 bits per heavy atom. The highest BCUT2D eigenvalue weighted by Gasteiger charge is 2.44. The number of hydrogen-bond acceptors (Lipinski definition) is 1. The van der Waals surface area contributed by atoms with Crippen LogP contribution in [0.2, 0.25) is 0 Å². The zero-order valence-electron chi connectivity index (χ0n) is 12.1. The van der Waals surface area contributed by atoms with E-state index in [2.05, 4.69) is 16.4 Å². The molecule has 106 valence electrons. The van der Waals surface area contributed by atoms with E-state index in [1.54, 1.807) is 0 Å². The van der Waals surface area contributed by atoms with E-state index in [-0.39, 0.29) is 0 Å². The lowest BCUT2D eigenvalue weighted by molar-refractivity contribution is -0.0181. The summed E-state index contributed by atoms with van der Waals surface area (Å²) in [6, 6.07) is 0. The van der Waals surface area contributed by atoms with Crippen molar-refractivity contribution < 1.29 is 4.52 Å². The van der Waals surface area contributed by atoms with Gasteiger partial charge in [0.25, 0.3) is 0 Å². The minimum absolute atomic E-state index is 0.489. The molecule has 1 nitrogen and oxygen atoms in total. The summed E-state index contributed by atoms with van der Waals surface area (Å²) in [6.45, 7) is 3.39. The van der Waals surface area contributed by atoms with E-state index in [4.69, 9.17) is 4.52 Å². The Kier molecular flexibility index (Phi) is 5.96. The van der Waals surface area contributed by atoms with E-state index in [0.29, 0.717) is 5.41 Å². The number of rotatable bonds is 5. The van der Waals surface area contributed by atoms with Crippen LogP contribution >= 0.6 is 9.47 Å². The minimum Gasteiger partial charge on any atom is -0.365 e. The average molecular weight is 270 g/mol. The van der Waals surface area contributed by atoms with Gasteiger partial charge in [-0.2, -0.15) is 0 Å². The molecular formula is C16H31OP. The van der Waals surface area contributed by atoms with Gasteiger partial charge >= 0.3 is 0 Å². The van der Waals surface area contributed by atoms with Crippen LogP contribution in [-0.2, 0) is 4.52 Å². The monoisotopic (exact) mass is 270 g/mol. The standard InChI is InChI=1S/C16H31OP/c1-2-16(13-17-18,14-9-5-3-6-10-14)15-11-7-4-8-12-15/h14-15H,2-13,18H2,1H3. The third kappa shape index (κ3) is 3.10. The summed E-state index contributed by atoms with van der Waals surface area (Å²) in [4.78, 5) is 0. The van der Waals surface area contributed by atoms with E-state index in [9.17, 15) is 0 Å². The summed E-state index contributed by atoms with van der Waals surface area (Å²) in [5.41, 5.74) is 0.489. The molecule has 2 aliphatic rings. The van der Waals surface area contributed by atoms with Gasteiger partial charge in [-0.25, -0.2) is 0 Å². The summed E-state index contributed by atoms with van der Waals surface area (Å²) in [5.74, 6) is 1.86. The molecule has 0 aromatic rings. The molecule has 0 aromatic heterocycles. The van der Waals surface area contributed by atoms with Crippen LogP contribution in [-0.4, -0.2) is 6.61 Å². The van der Waals surface area contributed by atoms with Crippen molar-refractivity contribution in [2.24, 2.45) is 17.3 Å². The SMILES string of the molecule is CCC(COP)(C1CCCCC1)C1CCCCC1. The Morgan fingerprint density at radius 3 is 1.67 bits per heavy atom. The van der Waals surface area contributed by atoms with Gasteiger partial charge in [-0.1, -0.05) is 45.4 Å². The predicted molar refractivity (Wildman–Crippen MR) is 81.5 cm³/mol. The molecule has 2 heteroatoms. The van der Waals surface area contributed by atoms with Crippen LogP contribution in [0.3, 0.4) is 0 Å². The Labute approximate surface area is 116 Å². The van der Waals surface area contributed by atoms with Gasteiger partial charge in [0.1, 0.15) is 0 Å². The van der Waals surface area contributed by atoms with Crippen molar-refractivity contribution in [1.29, 1.82) is 0 Å². The molecule has 0 radical (unpaired) electrons. The van der Waals surface area contributed by atoms with Crippen LogP contribution in [0.4, 0.5) is 0 Å². The van der Waals surface area contributed by atoms with Gasteiger partial charge in [-0.15, -0.1) is 0 Å². The Hall–Kier alpha value is 0.390. The molecule has 2 saturated carbocycles. The van der Waals surface area contributed by atoms with E-state index >= 15 is 0 Å². The zero-order chi connectivity index (χ0) is 12.8. The van der Waals surface area contributed by atoms with E-state index in [1.165, 1.54) is 70.6 Å². The zero-order valence-corrected chi connectivity index (χ0v) is 13.3. The van der Waals surface area contributed by atoms with Crippen molar-refractivity contribution in [3.8, 4) is 0 Å². The molecule has 0 spiro atoms. The summed E-state index contributed by atoms with van der Waals surface area (Å²) < 4.78 is 5.62. The summed E-state index contributed by atoms with van der Waals surface area (Å²) >= 11 is 0. The first-order valence-corrected chi connectivity index (χ1v) is 8.62. The third-order valence-corrected chi connectivity index (χ3v) is 6.01. The molecule has 0 aromatic carbocycles. The van der Waals surface area contributed by atoms with Crippen LogP contribution in [0.1, 0.15) is 77.6 Å². The van der Waals surface area contributed by atoms with Crippen molar-refractivity contribution in [2.75, 3.05) is 6.61 Å². The summed E-state index contributed by atoms with van der Waals surface area (Å²) in [7, 11) is 2.51. The second kappa shape index (κ2) is 7.25. The van der Waals surface area contributed by atoms with E-state index < -0.39 is 0 Å². The summed E-state index contributed by atoms with van der Waals surface area (Å²) in [6.07, 6.45) is 15.9. The van der Waals surface area contributed by atoms with Gasteiger partial charge in [0, 0.05) is 9.47 Å². The highest BCUT2D eigenvalue weighted by atomic mass is 31.0. The average Bonchev–Trinajstić information content (AvgIpc) is 2.47. The van der Waals surface area contributed by atoms with Crippen LogP contribution in [0.25, 0.3) is 0 Å². The normalized spacial score (nSPS) is 24.3. The number of hydrogen-bond donors (Lipinski definition) is 0. The maximum absolute atomic E-state index is 5.62. The Bertz CT molecular complexity index is 211. The first-order chi connectivity index (χ1) is 8.83. The van der Waals surface area contributed by atoms with Crippen molar-refractivity contribution >= 4 is 9.47 Å². The van der Waals surface area contributed by atoms with Gasteiger partial charge in [0.15, 0.2) is 0 Å². The maximum atomic E-state index is 5.62. The van der Waals surface area contributed by atoms with E-state index in [0.717, 1.165) is 18.4 Å². The van der Waals surface area contributed by atoms with Gasteiger partial charge in [0.05, 0.1) is 6.61 Å². The largest absolute Gasteiger partial charge is 0.365 e. The molecule has 0 saturated heterocycles.